The molecule has 0 saturated carbocycles. The predicted molar refractivity (Wildman–Crippen MR) is 101 cm³/mol. The van der Waals surface area contributed by atoms with Crippen LogP contribution in [0.3, 0.4) is 0 Å². The smallest absolute Gasteiger partial charge is 0.374 e. The van der Waals surface area contributed by atoms with Crippen molar-refractivity contribution >= 4 is 17.5 Å². The number of carbonyl (C=O) groups is 1. The summed E-state index contributed by atoms with van der Waals surface area (Å²) in [7, 11) is 0. The van der Waals surface area contributed by atoms with Crippen LogP contribution < -0.4 is 15.4 Å². The van der Waals surface area contributed by atoms with Gasteiger partial charge in [0.2, 0.25) is 5.95 Å². The highest BCUT2D eigenvalue weighted by atomic mass is 19.4. The van der Waals surface area contributed by atoms with Crippen LogP contribution in [0.15, 0.2) is 21.6 Å². The molecule has 0 radical (unpaired) electrons. The minimum atomic E-state index is -4.59. The fraction of sp³-hybridized carbons (Fsp3) is 0.579. The SMILES string of the molecule is Cc1nocc1C(=O)CN1c2nc(N3C[C@@H]4C[C@H]3CO4)cc(=O)n2CC[C@H]1C(F)(F)F. The lowest BCUT2D eigenvalue weighted by atomic mass is 10.1. The molecule has 2 aromatic heterocycles. The number of hydrogen-bond acceptors (Lipinski definition) is 8. The van der Waals surface area contributed by atoms with E-state index in [1.54, 1.807) is 0 Å². The molecule has 2 bridgehead atoms. The van der Waals surface area contributed by atoms with E-state index in [0.29, 0.717) is 19.0 Å². The second-order valence-electron chi connectivity index (χ2n) is 8.11. The van der Waals surface area contributed by atoms with Gasteiger partial charge in [-0.05, 0) is 19.8 Å². The van der Waals surface area contributed by atoms with Crippen LogP contribution >= 0.6 is 0 Å². The molecule has 5 rings (SSSR count). The summed E-state index contributed by atoms with van der Waals surface area (Å²) in [6.45, 7) is 1.83. The van der Waals surface area contributed by atoms with Gasteiger partial charge in [0.1, 0.15) is 18.1 Å². The number of rotatable bonds is 4. The number of Topliss-reactive ketones (excluding diaryl/α,β-unsaturated/α-hetero) is 1. The minimum Gasteiger partial charge on any atom is -0.374 e. The van der Waals surface area contributed by atoms with Crippen molar-refractivity contribution in [2.45, 2.75) is 50.7 Å². The van der Waals surface area contributed by atoms with E-state index in [0.717, 1.165) is 17.6 Å². The van der Waals surface area contributed by atoms with Crippen molar-refractivity contribution < 1.29 is 27.2 Å². The van der Waals surface area contributed by atoms with E-state index in [2.05, 4.69) is 10.1 Å². The third-order valence-corrected chi connectivity index (χ3v) is 6.17. The summed E-state index contributed by atoms with van der Waals surface area (Å²) < 4.78 is 53.1. The molecule has 12 heteroatoms. The average molecular weight is 439 g/mol. The van der Waals surface area contributed by atoms with Crippen LogP contribution in [0.25, 0.3) is 0 Å². The fourth-order valence-electron chi connectivity index (χ4n) is 4.61. The number of anilines is 2. The Balaban J connectivity index is 1.55. The van der Waals surface area contributed by atoms with Crippen molar-refractivity contribution in [3.05, 3.63) is 33.9 Å². The molecule has 2 aromatic rings. The first-order valence-electron chi connectivity index (χ1n) is 10.00. The Labute approximate surface area is 174 Å². The molecule has 3 aliphatic rings. The quantitative estimate of drug-likeness (QED) is 0.663. The van der Waals surface area contributed by atoms with Crippen molar-refractivity contribution in [2.75, 3.05) is 29.5 Å². The molecule has 3 aliphatic heterocycles. The van der Waals surface area contributed by atoms with Crippen LogP contribution in [0.4, 0.5) is 24.9 Å². The van der Waals surface area contributed by atoms with Crippen molar-refractivity contribution in [3.8, 4) is 0 Å². The second kappa shape index (κ2) is 7.08. The molecule has 31 heavy (non-hydrogen) atoms. The number of aromatic nitrogens is 3. The molecular formula is C19H20F3N5O4. The van der Waals surface area contributed by atoms with Gasteiger partial charge < -0.3 is 19.1 Å². The number of fused-ring (bicyclic) bond motifs is 3. The molecule has 3 atom stereocenters. The van der Waals surface area contributed by atoms with E-state index in [4.69, 9.17) is 9.26 Å². The summed E-state index contributed by atoms with van der Waals surface area (Å²) in [5, 5.41) is 3.62. The van der Waals surface area contributed by atoms with Crippen molar-refractivity contribution in [1.82, 2.24) is 14.7 Å². The average Bonchev–Trinajstić information content (AvgIpc) is 3.44. The zero-order valence-electron chi connectivity index (χ0n) is 16.6. The van der Waals surface area contributed by atoms with Gasteiger partial charge in [-0.3, -0.25) is 14.2 Å². The Morgan fingerprint density at radius 1 is 1.35 bits per heavy atom. The van der Waals surface area contributed by atoms with Crippen LogP contribution in [0.5, 0.6) is 0 Å². The Kier molecular flexibility index (Phi) is 4.57. The lowest BCUT2D eigenvalue weighted by molar-refractivity contribution is -0.152. The van der Waals surface area contributed by atoms with E-state index in [1.807, 2.05) is 4.90 Å². The van der Waals surface area contributed by atoms with E-state index in [1.165, 1.54) is 17.6 Å². The number of ketones is 1. The van der Waals surface area contributed by atoms with Gasteiger partial charge in [0, 0.05) is 19.2 Å². The fourth-order valence-corrected chi connectivity index (χ4v) is 4.61. The first kappa shape index (κ1) is 20.0. The Morgan fingerprint density at radius 3 is 2.77 bits per heavy atom. The number of morpholine rings is 1. The van der Waals surface area contributed by atoms with Gasteiger partial charge in [-0.2, -0.15) is 18.2 Å². The van der Waals surface area contributed by atoms with E-state index in [9.17, 15) is 22.8 Å². The highest BCUT2D eigenvalue weighted by Crippen LogP contribution is 2.36. The Bertz CT molecular complexity index is 1080. The summed E-state index contributed by atoms with van der Waals surface area (Å²) in [4.78, 5) is 32.7. The van der Waals surface area contributed by atoms with Crippen LogP contribution in [0.2, 0.25) is 0 Å². The maximum atomic E-state index is 13.9. The molecule has 9 nitrogen and oxygen atoms in total. The molecule has 0 unspecified atom stereocenters. The van der Waals surface area contributed by atoms with Gasteiger partial charge in [0.25, 0.3) is 5.56 Å². The molecule has 5 heterocycles. The normalized spacial score (nSPS) is 25.2. The third-order valence-electron chi connectivity index (χ3n) is 6.17. The van der Waals surface area contributed by atoms with E-state index >= 15 is 0 Å². The summed E-state index contributed by atoms with van der Waals surface area (Å²) in [5.74, 6) is -0.426. The topological polar surface area (TPSA) is 93.7 Å². The molecular weight excluding hydrogens is 419 g/mol. The van der Waals surface area contributed by atoms with E-state index < -0.39 is 30.1 Å². The Morgan fingerprint density at radius 2 is 2.16 bits per heavy atom. The maximum Gasteiger partial charge on any atom is 0.408 e. The highest BCUT2D eigenvalue weighted by molar-refractivity contribution is 5.99. The number of halogens is 3. The monoisotopic (exact) mass is 439 g/mol. The number of nitrogens with zero attached hydrogens (tertiary/aromatic N) is 5. The zero-order valence-corrected chi connectivity index (χ0v) is 16.6. The summed E-state index contributed by atoms with van der Waals surface area (Å²) in [5.41, 5.74) is -0.0498. The lowest BCUT2D eigenvalue weighted by Crippen LogP contribution is -2.54. The molecule has 0 amide bonds. The zero-order chi connectivity index (χ0) is 21.9. The van der Waals surface area contributed by atoms with E-state index in [-0.39, 0.29) is 42.3 Å². The van der Waals surface area contributed by atoms with Gasteiger partial charge in [-0.1, -0.05) is 5.16 Å². The minimum absolute atomic E-state index is 0.0303. The number of hydrogen-bond donors (Lipinski definition) is 0. The van der Waals surface area contributed by atoms with Crippen molar-refractivity contribution in [3.63, 3.8) is 0 Å². The standard InChI is InChI=1S/C19H20F3N5O4/c1-10-13(9-31-24-10)14(28)7-27-15(19(20,21)22)2-3-25-17(29)5-16(23-18(25)27)26-6-12-4-11(26)8-30-12/h5,9,11-12,15H,2-4,6-8H2,1H3/t11-,12-,15-/m0/s1. The molecule has 0 spiro atoms. The summed E-state index contributed by atoms with van der Waals surface area (Å²) in [6, 6.07) is -0.545. The third kappa shape index (κ3) is 3.38. The maximum absolute atomic E-state index is 13.9. The van der Waals surface area contributed by atoms with Crippen LogP contribution in [-0.4, -0.2) is 64.6 Å². The van der Waals surface area contributed by atoms with Gasteiger partial charge in [-0.15, -0.1) is 0 Å². The van der Waals surface area contributed by atoms with Crippen LogP contribution in [0.1, 0.15) is 28.9 Å². The lowest BCUT2D eigenvalue weighted by Gasteiger charge is -2.39. The van der Waals surface area contributed by atoms with Crippen molar-refractivity contribution in [1.29, 1.82) is 0 Å². The number of carbonyl (C=O) groups excluding carboxylic acids is 1. The summed E-state index contributed by atoms with van der Waals surface area (Å²) in [6.07, 6.45) is -3.01. The molecule has 0 aromatic carbocycles. The van der Waals surface area contributed by atoms with Gasteiger partial charge in [0.05, 0.1) is 36.6 Å². The molecule has 2 saturated heterocycles. The molecule has 166 valence electrons. The van der Waals surface area contributed by atoms with Gasteiger partial charge >= 0.3 is 6.18 Å². The van der Waals surface area contributed by atoms with Crippen molar-refractivity contribution in [2.24, 2.45) is 0 Å². The van der Waals surface area contributed by atoms with Gasteiger partial charge in [-0.25, -0.2) is 0 Å². The highest BCUT2D eigenvalue weighted by Gasteiger charge is 2.48. The first-order valence-corrected chi connectivity index (χ1v) is 10.00. The van der Waals surface area contributed by atoms with Crippen LogP contribution in [0, 0.1) is 6.92 Å². The molecule has 2 fully saturated rings. The first-order chi connectivity index (χ1) is 14.7. The molecule has 0 aliphatic carbocycles. The predicted octanol–water partition coefficient (Wildman–Crippen LogP) is 1.54. The number of alkyl halides is 3. The second-order valence-corrected chi connectivity index (χ2v) is 8.11. The van der Waals surface area contributed by atoms with Gasteiger partial charge in [0.15, 0.2) is 5.78 Å². The number of ether oxygens (including phenoxy) is 1. The van der Waals surface area contributed by atoms with Crippen LogP contribution in [-0.2, 0) is 11.3 Å². The summed E-state index contributed by atoms with van der Waals surface area (Å²) >= 11 is 0. The number of aryl methyl sites for hydroxylation is 1. The largest absolute Gasteiger partial charge is 0.408 e. The Hall–Kier alpha value is -2.89. The molecule has 0 N–H and O–H groups in total.